The van der Waals surface area contributed by atoms with Crippen molar-refractivity contribution in [2.45, 2.75) is 46.3 Å². The minimum Gasteiger partial charge on any atom is -0.493 e. The molecule has 1 aromatic rings. The molecule has 0 radical (unpaired) electrons. The highest BCUT2D eigenvalue weighted by atomic mass is 19.4. The first kappa shape index (κ1) is 25.9. The molecule has 0 bridgehead atoms. The van der Waals surface area contributed by atoms with Crippen molar-refractivity contribution in [3.8, 4) is 11.5 Å². The van der Waals surface area contributed by atoms with Crippen molar-refractivity contribution >= 4 is 5.96 Å². The van der Waals surface area contributed by atoms with Gasteiger partial charge >= 0.3 is 6.18 Å². The number of hydrogen-bond acceptors (Lipinski definition) is 4. The molecule has 1 aromatic carbocycles. The van der Waals surface area contributed by atoms with E-state index in [1.165, 1.54) is 13.2 Å². The van der Waals surface area contributed by atoms with Gasteiger partial charge in [-0.1, -0.05) is 19.9 Å². The van der Waals surface area contributed by atoms with Crippen molar-refractivity contribution in [1.82, 2.24) is 10.6 Å². The molecule has 0 aliphatic heterocycles. The fourth-order valence-corrected chi connectivity index (χ4v) is 2.99. The van der Waals surface area contributed by atoms with Gasteiger partial charge in [0.1, 0.15) is 0 Å². The molecule has 0 saturated heterocycles. The number of halogens is 3. The molecule has 0 saturated carbocycles. The summed E-state index contributed by atoms with van der Waals surface area (Å²) in [5, 5.41) is 15.7. The summed E-state index contributed by atoms with van der Waals surface area (Å²) in [6, 6.07) is 4.73. The van der Waals surface area contributed by atoms with Gasteiger partial charge in [0.2, 0.25) is 0 Å². The molecule has 3 N–H and O–H groups in total. The Labute approximate surface area is 176 Å². The summed E-state index contributed by atoms with van der Waals surface area (Å²) >= 11 is 0. The van der Waals surface area contributed by atoms with E-state index in [-0.39, 0.29) is 18.1 Å². The SMILES string of the molecule is CCNC(=NCc1ccc(OCC(F)(F)F)c(OC)c1)NCC(CCO)CC(C)C. The molecular formula is C21H34F3N3O3. The summed E-state index contributed by atoms with van der Waals surface area (Å²) in [5.74, 6) is 1.77. The zero-order chi connectivity index (χ0) is 22.6. The maximum atomic E-state index is 12.4. The number of hydrogen-bond donors (Lipinski definition) is 3. The number of methoxy groups -OCH3 is 1. The van der Waals surface area contributed by atoms with Gasteiger partial charge in [-0.15, -0.1) is 0 Å². The van der Waals surface area contributed by atoms with E-state index in [4.69, 9.17) is 9.47 Å². The molecule has 9 heteroatoms. The van der Waals surface area contributed by atoms with Crippen LogP contribution in [-0.4, -0.2) is 50.7 Å². The predicted molar refractivity (Wildman–Crippen MR) is 112 cm³/mol. The summed E-state index contributed by atoms with van der Waals surface area (Å²) in [5.41, 5.74) is 0.775. The molecule has 1 unspecified atom stereocenters. The summed E-state index contributed by atoms with van der Waals surface area (Å²) < 4.78 is 47.1. The number of guanidine groups is 1. The smallest absolute Gasteiger partial charge is 0.422 e. The molecule has 30 heavy (non-hydrogen) atoms. The van der Waals surface area contributed by atoms with Crippen LogP contribution in [0.2, 0.25) is 0 Å². The van der Waals surface area contributed by atoms with E-state index in [2.05, 4.69) is 29.5 Å². The molecule has 1 atom stereocenters. The number of ether oxygens (including phenoxy) is 2. The molecule has 0 heterocycles. The highest BCUT2D eigenvalue weighted by Crippen LogP contribution is 2.30. The van der Waals surface area contributed by atoms with Crippen molar-refractivity contribution in [1.29, 1.82) is 0 Å². The zero-order valence-corrected chi connectivity index (χ0v) is 18.2. The summed E-state index contributed by atoms with van der Waals surface area (Å²) in [4.78, 5) is 4.54. The molecule has 1 rings (SSSR count). The second-order valence-electron chi connectivity index (χ2n) is 7.47. The van der Waals surface area contributed by atoms with E-state index >= 15 is 0 Å². The number of alkyl halides is 3. The van der Waals surface area contributed by atoms with Crippen molar-refractivity contribution in [2.75, 3.05) is 33.4 Å². The quantitative estimate of drug-likeness (QED) is 0.346. The summed E-state index contributed by atoms with van der Waals surface area (Å²) in [6.07, 6.45) is -2.69. The van der Waals surface area contributed by atoms with E-state index in [9.17, 15) is 18.3 Å². The Balaban J connectivity index is 2.78. The van der Waals surface area contributed by atoms with Crippen LogP contribution in [0.15, 0.2) is 23.2 Å². The van der Waals surface area contributed by atoms with Gasteiger partial charge in [0, 0.05) is 19.7 Å². The van der Waals surface area contributed by atoms with E-state index in [1.807, 2.05) is 6.92 Å². The first-order chi connectivity index (χ1) is 14.2. The third-order valence-corrected chi connectivity index (χ3v) is 4.28. The van der Waals surface area contributed by atoms with Crippen molar-refractivity contribution in [2.24, 2.45) is 16.8 Å². The van der Waals surface area contributed by atoms with Crippen LogP contribution < -0.4 is 20.1 Å². The van der Waals surface area contributed by atoms with Gasteiger partial charge in [-0.05, 0) is 49.3 Å². The highest BCUT2D eigenvalue weighted by Gasteiger charge is 2.29. The Morgan fingerprint density at radius 2 is 1.93 bits per heavy atom. The van der Waals surface area contributed by atoms with Crippen LogP contribution in [0.1, 0.15) is 39.2 Å². The maximum absolute atomic E-state index is 12.4. The lowest BCUT2D eigenvalue weighted by Crippen LogP contribution is -2.40. The average Bonchev–Trinajstić information content (AvgIpc) is 2.67. The molecule has 172 valence electrons. The van der Waals surface area contributed by atoms with E-state index in [1.54, 1.807) is 12.1 Å². The molecule has 0 fully saturated rings. The standard InChI is InChI=1S/C21H34F3N3O3/c1-5-25-20(27-13-17(8-9-28)10-15(2)3)26-12-16-6-7-18(19(11-16)29-4)30-14-21(22,23)24/h6-7,11,15,17,28H,5,8-10,12-14H2,1-4H3,(H2,25,26,27). The number of aliphatic hydroxyl groups excluding tert-OH is 1. The minimum atomic E-state index is -4.41. The predicted octanol–water partition coefficient (Wildman–Crippen LogP) is 3.74. The minimum absolute atomic E-state index is 0.0353. The molecule has 0 aliphatic rings. The van der Waals surface area contributed by atoms with Crippen molar-refractivity contribution in [3.05, 3.63) is 23.8 Å². The Morgan fingerprint density at radius 1 is 1.20 bits per heavy atom. The van der Waals surface area contributed by atoms with Gasteiger partial charge in [0.15, 0.2) is 24.1 Å². The Bertz CT molecular complexity index is 652. The van der Waals surface area contributed by atoms with Crippen molar-refractivity contribution < 1.29 is 27.8 Å². The average molecular weight is 434 g/mol. The lowest BCUT2D eigenvalue weighted by atomic mass is 9.94. The number of rotatable bonds is 12. The van der Waals surface area contributed by atoms with Gasteiger partial charge in [-0.2, -0.15) is 13.2 Å². The summed E-state index contributed by atoms with van der Waals surface area (Å²) in [7, 11) is 1.38. The van der Waals surface area contributed by atoms with Gasteiger partial charge in [0.05, 0.1) is 13.7 Å². The van der Waals surface area contributed by atoms with Gasteiger partial charge in [-0.3, -0.25) is 0 Å². The molecule has 0 amide bonds. The molecular weight excluding hydrogens is 399 g/mol. The summed E-state index contributed by atoms with van der Waals surface area (Å²) in [6.45, 7) is 6.74. The second kappa shape index (κ2) is 13.2. The fraction of sp³-hybridized carbons (Fsp3) is 0.667. The topological polar surface area (TPSA) is 75.1 Å². The number of aliphatic imine (C=N–C) groups is 1. The van der Waals surface area contributed by atoms with Gasteiger partial charge < -0.3 is 25.2 Å². The molecule has 0 spiro atoms. The monoisotopic (exact) mass is 433 g/mol. The molecule has 0 aliphatic carbocycles. The third kappa shape index (κ3) is 10.6. The van der Waals surface area contributed by atoms with Crippen LogP contribution in [0.25, 0.3) is 0 Å². The van der Waals surface area contributed by atoms with E-state index in [0.29, 0.717) is 37.4 Å². The Morgan fingerprint density at radius 3 is 2.50 bits per heavy atom. The van der Waals surface area contributed by atoms with Crippen LogP contribution in [0.4, 0.5) is 13.2 Å². The number of aliphatic hydroxyl groups is 1. The third-order valence-electron chi connectivity index (χ3n) is 4.28. The Kier molecular flexibility index (Phi) is 11.4. The van der Waals surface area contributed by atoms with Gasteiger partial charge in [0.25, 0.3) is 0 Å². The van der Waals surface area contributed by atoms with Crippen LogP contribution in [0.3, 0.4) is 0 Å². The van der Waals surface area contributed by atoms with E-state index < -0.39 is 12.8 Å². The second-order valence-corrected chi connectivity index (χ2v) is 7.47. The van der Waals surface area contributed by atoms with Crippen LogP contribution in [0, 0.1) is 11.8 Å². The van der Waals surface area contributed by atoms with Crippen LogP contribution in [0.5, 0.6) is 11.5 Å². The largest absolute Gasteiger partial charge is 0.493 e. The van der Waals surface area contributed by atoms with Crippen LogP contribution in [-0.2, 0) is 6.54 Å². The first-order valence-corrected chi connectivity index (χ1v) is 10.2. The number of nitrogens with zero attached hydrogens (tertiary/aromatic N) is 1. The fourth-order valence-electron chi connectivity index (χ4n) is 2.99. The number of nitrogens with one attached hydrogen (secondary N) is 2. The van der Waals surface area contributed by atoms with Crippen LogP contribution >= 0.6 is 0 Å². The highest BCUT2D eigenvalue weighted by molar-refractivity contribution is 5.79. The number of benzene rings is 1. The zero-order valence-electron chi connectivity index (χ0n) is 18.2. The van der Waals surface area contributed by atoms with Crippen molar-refractivity contribution in [3.63, 3.8) is 0 Å². The lowest BCUT2D eigenvalue weighted by Gasteiger charge is -2.20. The maximum Gasteiger partial charge on any atom is 0.422 e. The van der Waals surface area contributed by atoms with Gasteiger partial charge in [-0.25, -0.2) is 4.99 Å². The first-order valence-electron chi connectivity index (χ1n) is 10.2. The van der Waals surface area contributed by atoms with E-state index in [0.717, 1.165) is 18.4 Å². The Hall–Kier alpha value is -2.16. The molecule has 6 nitrogen and oxygen atoms in total. The normalized spacial score (nSPS) is 13.3. The molecule has 0 aromatic heterocycles. The lowest BCUT2D eigenvalue weighted by molar-refractivity contribution is -0.153.